The van der Waals surface area contributed by atoms with Crippen molar-refractivity contribution in [2.24, 2.45) is 10.7 Å². The minimum atomic E-state index is 0.493. The summed E-state index contributed by atoms with van der Waals surface area (Å²) < 4.78 is 5.75. The second kappa shape index (κ2) is 8.72. The molecule has 0 aliphatic rings. The van der Waals surface area contributed by atoms with Gasteiger partial charge in [-0.2, -0.15) is 0 Å². The molecule has 0 radical (unpaired) electrons. The predicted molar refractivity (Wildman–Crippen MR) is 90.8 cm³/mol. The van der Waals surface area contributed by atoms with Crippen molar-refractivity contribution in [2.45, 2.75) is 26.5 Å². The molecule has 0 saturated heterocycles. The topological polar surface area (TPSA) is 59.6 Å². The summed E-state index contributed by atoms with van der Waals surface area (Å²) in [4.78, 5) is 4.33. The van der Waals surface area contributed by atoms with Gasteiger partial charge in [-0.1, -0.05) is 49.4 Å². The number of aliphatic imine (C=N–C) groups is 1. The average molecular weight is 297 g/mol. The molecule has 2 aromatic rings. The normalized spacial score (nSPS) is 11.2. The number of para-hydroxylation sites is 1. The van der Waals surface area contributed by atoms with Crippen molar-refractivity contribution in [1.82, 2.24) is 5.32 Å². The van der Waals surface area contributed by atoms with Crippen molar-refractivity contribution in [3.63, 3.8) is 0 Å². The molecule has 0 bridgehead atoms. The van der Waals surface area contributed by atoms with E-state index in [1.54, 1.807) is 0 Å². The lowest BCUT2D eigenvalue weighted by molar-refractivity contribution is 0.306. The number of hydrogen-bond acceptors (Lipinski definition) is 2. The molecule has 3 N–H and O–H groups in total. The van der Waals surface area contributed by atoms with Crippen LogP contribution in [0.3, 0.4) is 0 Å². The molecule has 0 aliphatic heterocycles. The highest BCUT2D eigenvalue weighted by atomic mass is 16.5. The van der Waals surface area contributed by atoms with Crippen LogP contribution in [0.25, 0.3) is 0 Å². The third-order valence-corrected chi connectivity index (χ3v) is 3.13. The van der Waals surface area contributed by atoms with E-state index in [9.17, 15) is 0 Å². The van der Waals surface area contributed by atoms with E-state index in [1.165, 1.54) is 0 Å². The standard InChI is InChI=1S/C18H23N3O/c1-2-11-20-18(19)21-13-15-7-6-8-16(12-15)14-22-17-9-4-3-5-10-17/h3-10,12H,2,11,13-14H2,1H3,(H3,19,20,21). The molecule has 0 spiro atoms. The molecule has 4 nitrogen and oxygen atoms in total. The SMILES string of the molecule is CCCNC(N)=NCc1cccc(COc2ccccc2)c1. The van der Waals surface area contributed by atoms with Gasteiger partial charge in [-0.15, -0.1) is 0 Å². The van der Waals surface area contributed by atoms with E-state index in [2.05, 4.69) is 29.4 Å². The van der Waals surface area contributed by atoms with Gasteiger partial charge in [0.15, 0.2) is 5.96 Å². The first-order chi connectivity index (χ1) is 10.8. The molecule has 0 aromatic heterocycles. The molecule has 0 amide bonds. The molecule has 2 aromatic carbocycles. The zero-order valence-electron chi connectivity index (χ0n) is 13.0. The summed E-state index contributed by atoms with van der Waals surface area (Å²) in [6.07, 6.45) is 1.03. The van der Waals surface area contributed by atoms with E-state index in [0.717, 1.165) is 29.8 Å². The zero-order chi connectivity index (χ0) is 15.6. The maximum Gasteiger partial charge on any atom is 0.188 e. The van der Waals surface area contributed by atoms with Crippen LogP contribution in [-0.4, -0.2) is 12.5 Å². The molecule has 0 saturated carbocycles. The Morgan fingerprint density at radius 3 is 2.64 bits per heavy atom. The molecule has 0 unspecified atom stereocenters. The lowest BCUT2D eigenvalue weighted by atomic mass is 10.1. The van der Waals surface area contributed by atoms with E-state index >= 15 is 0 Å². The van der Waals surface area contributed by atoms with Gasteiger partial charge in [0.25, 0.3) is 0 Å². The molecule has 0 heterocycles. The molecule has 0 atom stereocenters. The minimum absolute atomic E-state index is 0.493. The predicted octanol–water partition coefficient (Wildman–Crippen LogP) is 3.08. The van der Waals surface area contributed by atoms with Gasteiger partial charge in [0.1, 0.15) is 12.4 Å². The lowest BCUT2D eigenvalue weighted by Crippen LogP contribution is -2.32. The van der Waals surface area contributed by atoms with Gasteiger partial charge in [-0.25, -0.2) is 4.99 Å². The molecule has 0 aliphatic carbocycles. The maximum absolute atomic E-state index is 5.79. The van der Waals surface area contributed by atoms with Gasteiger partial charge in [-0.3, -0.25) is 0 Å². The second-order valence-electron chi connectivity index (χ2n) is 5.05. The molecule has 116 valence electrons. The number of nitrogens with one attached hydrogen (secondary N) is 1. The van der Waals surface area contributed by atoms with Crippen LogP contribution in [0.4, 0.5) is 0 Å². The largest absolute Gasteiger partial charge is 0.489 e. The third-order valence-electron chi connectivity index (χ3n) is 3.13. The van der Waals surface area contributed by atoms with E-state index in [-0.39, 0.29) is 0 Å². The number of nitrogens with two attached hydrogens (primary N) is 1. The van der Waals surface area contributed by atoms with Gasteiger partial charge < -0.3 is 15.8 Å². The maximum atomic E-state index is 5.79. The summed E-state index contributed by atoms with van der Waals surface area (Å²) in [5.74, 6) is 1.37. The van der Waals surface area contributed by atoms with Crippen LogP contribution in [0.15, 0.2) is 59.6 Å². The first-order valence-corrected chi connectivity index (χ1v) is 7.57. The Morgan fingerprint density at radius 2 is 1.86 bits per heavy atom. The summed E-state index contributed by atoms with van der Waals surface area (Å²) in [6, 6.07) is 18.0. The average Bonchev–Trinajstić information content (AvgIpc) is 2.57. The molecule has 0 fully saturated rings. The quantitative estimate of drug-likeness (QED) is 0.610. The fourth-order valence-corrected chi connectivity index (χ4v) is 1.99. The van der Waals surface area contributed by atoms with Gasteiger partial charge in [-0.05, 0) is 29.7 Å². The lowest BCUT2D eigenvalue weighted by Gasteiger charge is -2.07. The van der Waals surface area contributed by atoms with E-state index in [0.29, 0.717) is 19.1 Å². The highest BCUT2D eigenvalue weighted by Gasteiger charge is 1.98. The van der Waals surface area contributed by atoms with Gasteiger partial charge in [0, 0.05) is 6.54 Å². The smallest absolute Gasteiger partial charge is 0.188 e. The summed E-state index contributed by atoms with van der Waals surface area (Å²) >= 11 is 0. The third kappa shape index (κ3) is 5.48. The highest BCUT2D eigenvalue weighted by molar-refractivity contribution is 5.77. The summed E-state index contributed by atoms with van der Waals surface area (Å²) in [5, 5.41) is 3.07. The zero-order valence-corrected chi connectivity index (χ0v) is 13.0. The number of hydrogen-bond donors (Lipinski definition) is 2. The highest BCUT2D eigenvalue weighted by Crippen LogP contribution is 2.13. The fourth-order valence-electron chi connectivity index (χ4n) is 1.99. The van der Waals surface area contributed by atoms with Gasteiger partial charge in [0.05, 0.1) is 6.54 Å². The van der Waals surface area contributed by atoms with Crippen molar-refractivity contribution >= 4 is 5.96 Å². The van der Waals surface area contributed by atoms with Crippen molar-refractivity contribution < 1.29 is 4.74 Å². The van der Waals surface area contributed by atoms with Crippen molar-refractivity contribution in [1.29, 1.82) is 0 Å². The summed E-state index contributed by atoms with van der Waals surface area (Å²) in [6.45, 7) is 4.06. The van der Waals surface area contributed by atoms with Crippen LogP contribution in [0.5, 0.6) is 5.75 Å². The van der Waals surface area contributed by atoms with E-state index in [1.807, 2.05) is 42.5 Å². The van der Waals surface area contributed by atoms with Crippen LogP contribution in [-0.2, 0) is 13.2 Å². The van der Waals surface area contributed by atoms with Crippen LogP contribution in [0, 0.1) is 0 Å². The summed E-state index contributed by atoms with van der Waals surface area (Å²) in [5.41, 5.74) is 8.04. The number of guanidine groups is 1. The Bertz CT molecular complexity index is 596. The monoisotopic (exact) mass is 297 g/mol. The van der Waals surface area contributed by atoms with Crippen molar-refractivity contribution in [3.05, 3.63) is 65.7 Å². The van der Waals surface area contributed by atoms with Gasteiger partial charge >= 0.3 is 0 Å². The van der Waals surface area contributed by atoms with E-state index in [4.69, 9.17) is 10.5 Å². The molecular weight excluding hydrogens is 274 g/mol. The van der Waals surface area contributed by atoms with Crippen molar-refractivity contribution in [3.8, 4) is 5.75 Å². The Kier molecular flexibility index (Phi) is 6.30. The molecule has 2 rings (SSSR count). The Labute approximate surface area is 132 Å². The fraction of sp³-hybridized carbons (Fsp3) is 0.278. The number of nitrogens with zero attached hydrogens (tertiary/aromatic N) is 1. The van der Waals surface area contributed by atoms with E-state index < -0.39 is 0 Å². The molecular formula is C18H23N3O. The van der Waals surface area contributed by atoms with Crippen LogP contribution in [0.1, 0.15) is 24.5 Å². The number of rotatable bonds is 7. The molecule has 22 heavy (non-hydrogen) atoms. The summed E-state index contributed by atoms with van der Waals surface area (Å²) in [7, 11) is 0. The van der Waals surface area contributed by atoms with Crippen LogP contribution < -0.4 is 15.8 Å². The Morgan fingerprint density at radius 1 is 1.09 bits per heavy atom. The second-order valence-corrected chi connectivity index (χ2v) is 5.05. The molecule has 4 heteroatoms. The van der Waals surface area contributed by atoms with Crippen LogP contribution in [0.2, 0.25) is 0 Å². The Balaban J connectivity index is 1.89. The number of benzene rings is 2. The number of ether oxygens (including phenoxy) is 1. The minimum Gasteiger partial charge on any atom is -0.489 e. The first-order valence-electron chi connectivity index (χ1n) is 7.57. The Hall–Kier alpha value is -2.49. The van der Waals surface area contributed by atoms with Crippen molar-refractivity contribution in [2.75, 3.05) is 6.54 Å². The first kappa shape index (κ1) is 15.9. The van der Waals surface area contributed by atoms with Crippen LogP contribution >= 0.6 is 0 Å². The van der Waals surface area contributed by atoms with Gasteiger partial charge in [0.2, 0.25) is 0 Å².